The third kappa shape index (κ3) is 3.61. The van der Waals surface area contributed by atoms with Gasteiger partial charge in [0.1, 0.15) is 0 Å². The number of ether oxygens (including phenoxy) is 2. The number of nitrogens with zero attached hydrogens (tertiary/aromatic N) is 1. The molecule has 0 fully saturated rings. The highest BCUT2D eigenvalue weighted by atomic mass is 35.5. The van der Waals surface area contributed by atoms with Crippen LogP contribution in [0, 0.1) is 0 Å². The Kier molecular flexibility index (Phi) is 6.45. The van der Waals surface area contributed by atoms with Crippen molar-refractivity contribution in [2.24, 2.45) is 0 Å². The van der Waals surface area contributed by atoms with Gasteiger partial charge in [-0.1, -0.05) is 23.7 Å². The number of esters is 2. The summed E-state index contributed by atoms with van der Waals surface area (Å²) in [6, 6.07) is 6.93. The molecule has 1 heterocycles. The highest BCUT2D eigenvalue weighted by molar-refractivity contribution is 6.30. The van der Waals surface area contributed by atoms with Gasteiger partial charge >= 0.3 is 11.9 Å². The van der Waals surface area contributed by atoms with Crippen LogP contribution in [0.15, 0.2) is 46.8 Å². The Morgan fingerprint density at radius 2 is 1.50 bits per heavy atom. The third-order valence-electron chi connectivity index (χ3n) is 4.50. The van der Waals surface area contributed by atoms with Gasteiger partial charge < -0.3 is 19.5 Å². The van der Waals surface area contributed by atoms with Crippen LogP contribution in [0.5, 0.6) is 0 Å². The number of benzene rings is 1. The van der Waals surface area contributed by atoms with Crippen LogP contribution in [0.1, 0.15) is 25.3 Å². The Hall–Kier alpha value is -2.31. The first kappa shape index (κ1) is 20.0. The van der Waals surface area contributed by atoms with Crippen LogP contribution in [0.2, 0.25) is 5.02 Å². The highest BCUT2D eigenvalue weighted by Crippen LogP contribution is 2.42. The summed E-state index contributed by atoms with van der Waals surface area (Å²) in [5, 5.41) is 9.95. The molecule has 7 heteroatoms. The number of rotatable bonds is 5. The quantitative estimate of drug-likeness (QED) is 0.792. The lowest BCUT2D eigenvalue weighted by atomic mass is 9.79. The zero-order valence-electron chi connectivity index (χ0n) is 15.2. The summed E-state index contributed by atoms with van der Waals surface area (Å²) in [6.07, 6.45) is 0. The molecule has 1 aromatic rings. The van der Waals surface area contributed by atoms with E-state index in [2.05, 4.69) is 0 Å². The average Bonchev–Trinajstić information content (AvgIpc) is 2.64. The van der Waals surface area contributed by atoms with Crippen molar-refractivity contribution in [3.05, 3.63) is 57.4 Å². The summed E-state index contributed by atoms with van der Waals surface area (Å²) in [6.45, 7) is 3.64. The van der Waals surface area contributed by atoms with Crippen LogP contribution in [0.4, 0.5) is 0 Å². The minimum atomic E-state index is -0.651. The molecule has 0 atom stereocenters. The van der Waals surface area contributed by atoms with Crippen molar-refractivity contribution in [3.63, 3.8) is 0 Å². The number of methoxy groups -OCH3 is 2. The van der Waals surface area contributed by atoms with Gasteiger partial charge in [0.2, 0.25) is 0 Å². The van der Waals surface area contributed by atoms with E-state index in [1.165, 1.54) is 14.2 Å². The van der Waals surface area contributed by atoms with Gasteiger partial charge in [-0.05, 0) is 31.5 Å². The second-order valence-corrected chi connectivity index (χ2v) is 6.28. The van der Waals surface area contributed by atoms with E-state index < -0.39 is 17.9 Å². The fourth-order valence-electron chi connectivity index (χ4n) is 3.28. The molecule has 140 valence electrons. The van der Waals surface area contributed by atoms with Crippen molar-refractivity contribution in [2.75, 3.05) is 27.4 Å². The largest absolute Gasteiger partial charge is 0.466 e. The number of hydrogen-bond donors (Lipinski definition) is 1. The van der Waals surface area contributed by atoms with E-state index >= 15 is 0 Å². The number of aliphatic hydroxyl groups is 1. The molecule has 1 aliphatic heterocycles. The molecular weight excluding hydrogens is 358 g/mol. The Labute approximate surface area is 157 Å². The van der Waals surface area contributed by atoms with Crippen molar-refractivity contribution in [1.29, 1.82) is 0 Å². The van der Waals surface area contributed by atoms with Crippen LogP contribution >= 0.6 is 11.6 Å². The van der Waals surface area contributed by atoms with E-state index in [0.29, 0.717) is 27.6 Å². The van der Waals surface area contributed by atoms with Crippen LogP contribution in [0.3, 0.4) is 0 Å². The van der Waals surface area contributed by atoms with Gasteiger partial charge in [0, 0.05) is 23.0 Å². The number of halogens is 1. The average molecular weight is 380 g/mol. The predicted molar refractivity (Wildman–Crippen MR) is 97.4 cm³/mol. The molecule has 1 aliphatic rings. The molecule has 1 N–H and O–H groups in total. The second kappa shape index (κ2) is 8.38. The standard InChI is InChI=1S/C19H22ClNO5/c1-11-15(18(23)25-3)17(13-5-7-14(20)8-6-13)16(19(24)26-4)12(2)21(11)9-10-22/h5-8,17,22H,9-10H2,1-4H3. The summed E-state index contributed by atoms with van der Waals surface area (Å²) in [5.74, 6) is -1.74. The van der Waals surface area contributed by atoms with Gasteiger partial charge in [0.15, 0.2) is 0 Å². The number of allylic oxidation sites excluding steroid dienone is 2. The molecular formula is C19H22ClNO5. The highest BCUT2D eigenvalue weighted by Gasteiger charge is 2.40. The lowest BCUT2D eigenvalue weighted by molar-refractivity contribution is -0.137. The fourth-order valence-corrected chi connectivity index (χ4v) is 3.41. The van der Waals surface area contributed by atoms with Gasteiger partial charge in [-0.15, -0.1) is 0 Å². The Bertz CT molecular complexity index is 727. The van der Waals surface area contributed by atoms with Crippen molar-refractivity contribution in [2.45, 2.75) is 19.8 Å². The fraction of sp³-hybridized carbons (Fsp3) is 0.368. The number of carbonyl (C=O) groups is 2. The van der Waals surface area contributed by atoms with Crippen molar-refractivity contribution in [3.8, 4) is 0 Å². The number of hydrogen-bond acceptors (Lipinski definition) is 6. The maximum atomic E-state index is 12.6. The molecule has 0 aliphatic carbocycles. The van der Waals surface area contributed by atoms with E-state index in [4.69, 9.17) is 21.1 Å². The molecule has 26 heavy (non-hydrogen) atoms. The molecule has 0 bridgehead atoms. The van der Waals surface area contributed by atoms with Gasteiger partial charge in [0.25, 0.3) is 0 Å². The summed E-state index contributed by atoms with van der Waals surface area (Å²) < 4.78 is 9.94. The first-order chi connectivity index (χ1) is 12.4. The molecule has 6 nitrogen and oxygen atoms in total. The van der Waals surface area contributed by atoms with Gasteiger partial charge in [-0.25, -0.2) is 9.59 Å². The molecule has 0 spiro atoms. The van der Waals surface area contributed by atoms with Crippen molar-refractivity contribution < 1.29 is 24.2 Å². The normalized spacial score (nSPS) is 15.4. The summed E-state index contributed by atoms with van der Waals surface area (Å²) >= 11 is 5.98. The Balaban J connectivity index is 2.76. The van der Waals surface area contributed by atoms with Crippen molar-refractivity contribution >= 4 is 23.5 Å². The minimum Gasteiger partial charge on any atom is -0.466 e. The Morgan fingerprint density at radius 3 is 1.88 bits per heavy atom. The molecule has 0 unspecified atom stereocenters. The van der Waals surface area contributed by atoms with Crippen LogP contribution in [-0.4, -0.2) is 49.3 Å². The number of aliphatic hydroxyl groups excluding tert-OH is 1. The van der Waals surface area contributed by atoms with Crippen LogP contribution in [0.25, 0.3) is 0 Å². The SMILES string of the molecule is COC(=O)C1=C(C)N(CCO)C(C)=C(C(=O)OC)C1c1ccc(Cl)cc1. The Morgan fingerprint density at radius 1 is 1.04 bits per heavy atom. The first-order valence-electron chi connectivity index (χ1n) is 8.09. The zero-order valence-corrected chi connectivity index (χ0v) is 16.0. The van der Waals surface area contributed by atoms with Gasteiger partial charge in [-0.3, -0.25) is 0 Å². The minimum absolute atomic E-state index is 0.136. The summed E-state index contributed by atoms with van der Waals surface area (Å²) in [4.78, 5) is 26.9. The third-order valence-corrected chi connectivity index (χ3v) is 4.76. The van der Waals surface area contributed by atoms with Crippen LogP contribution in [-0.2, 0) is 19.1 Å². The first-order valence-corrected chi connectivity index (χ1v) is 8.47. The van der Waals surface area contributed by atoms with E-state index in [1.807, 2.05) is 0 Å². The van der Waals surface area contributed by atoms with E-state index in [1.54, 1.807) is 43.0 Å². The zero-order chi connectivity index (χ0) is 19.4. The van der Waals surface area contributed by atoms with Gasteiger partial charge in [0.05, 0.1) is 37.9 Å². The lowest BCUT2D eigenvalue weighted by Crippen LogP contribution is -2.36. The maximum absolute atomic E-state index is 12.6. The molecule has 1 aromatic carbocycles. The smallest absolute Gasteiger partial charge is 0.336 e. The summed E-state index contributed by atoms with van der Waals surface area (Å²) in [7, 11) is 2.59. The molecule has 0 amide bonds. The van der Waals surface area contributed by atoms with Gasteiger partial charge in [-0.2, -0.15) is 0 Å². The lowest BCUT2D eigenvalue weighted by Gasteiger charge is -2.37. The molecule has 0 saturated heterocycles. The molecule has 0 aromatic heterocycles. The van der Waals surface area contributed by atoms with Crippen molar-refractivity contribution in [1.82, 2.24) is 4.90 Å². The van der Waals surface area contributed by atoms with E-state index in [0.717, 1.165) is 5.56 Å². The molecule has 0 saturated carbocycles. The van der Waals surface area contributed by atoms with E-state index in [9.17, 15) is 14.7 Å². The second-order valence-electron chi connectivity index (χ2n) is 5.84. The monoisotopic (exact) mass is 379 g/mol. The maximum Gasteiger partial charge on any atom is 0.336 e. The summed E-state index contributed by atoms with van der Waals surface area (Å²) in [5.41, 5.74) is 2.62. The predicted octanol–water partition coefficient (Wildman–Crippen LogP) is 2.63. The molecule has 2 rings (SSSR count). The number of carbonyl (C=O) groups excluding carboxylic acids is 2. The number of β-amino-alcohol motifs (C(OH)–C–C–N with tert-alkyl or cyclic N) is 1. The topological polar surface area (TPSA) is 76.1 Å². The van der Waals surface area contributed by atoms with E-state index in [-0.39, 0.29) is 13.2 Å². The molecule has 0 radical (unpaired) electrons. The van der Waals surface area contributed by atoms with Crippen LogP contribution < -0.4 is 0 Å².